The van der Waals surface area contributed by atoms with E-state index in [1.807, 2.05) is 48.5 Å². The molecule has 3 heterocycles. The van der Waals surface area contributed by atoms with Crippen LogP contribution in [0.15, 0.2) is 66.9 Å². The molecule has 0 saturated carbocycles. The van der Waals surface area contributed by atoms with Crippen molar-refractivity contribution < 1.29 is 14.3 Å². The molecule has 2 aliphatic rings. The summed E-state index contributed by atoms with van der Waals surface area (Å²) in [4.78, 5) is 25.6. The fraction of sp³-hybridized carbons (Fsp3) is 0.393. The summed E-state index contributed by atoms with van der Waals surface area (Å²) in [5, 5.41) is 0. The minimum absolute atomic E-state index is 0.0250. The maximum atomic E-state index is 14.1. The number of hydrogen-bond acceptors (Lipinski definition) is 5. The molecule has 176 valence electrons. The van der Waals surface area contributed by atoms with Gasteiger partial charge in [-0.15, -0.1) is 0 Å². The summed E-state index contributed by atoms with van der Waals surface area (Å²) in [6.45, 7) is 2.03. The Morgan fingerprint density at radius 1 is 1.09 bits per heavy atom. The van der Waals surface area contributed by atoms with E-state index < -0.39 is 5.41 Å². The van der Waals surface area contributed by atoms with E-state index in [1.165, 1.54) is 5.56 Å². The zero-order valence-electron chi connectivity index (χ0n) is 19.7. The third-order valence-electron chi connectivity index (χ3n) is 7.17. The third kappa shape index (κ3) is 4.55. The molecule has 0 aliphatic carbocycles. The summed E-state index contributed by atoms with van der Waals surface area (Å²) in [6, 6.07) is 20.0. The SMILES string of the molecule is COc1ccc(-c2nccc([C@H]3CCCN3C(=O)C3(Cc4ccccc4)CCOCC3)n2)cc1. The lowest BCUT2D eigenvalue weighted by molar-refractivity contribution is -0.149. The molecule has 0 unspecified atom stereocenters. The van der Waals surface area contributed by atoms with E-state index in [-0.39, 0.29) is 11.9 Å². The van der Waals surface area contributed by atoms with Crippen LogP contribution in [0, 0.1) is 5.41 Å². The Labute approximate surface area is 201 Å². The van der Waals surface area contributed by atoms with Gasteiger partial charge in [-0.25, -0.2) is 9.97 Å². The second-order valence-corrected chi connectivity index (χ2v) is 9.25. The summed E-state index contributed by atoms with van der Waals surface area (Å²) in [6.07, 6.45) is 5.96. The minimum Gasteiger partial charge on any atom is -0.497 e. The zero-order chi connectivity index (χ0) is 23.4. The van der Waals surface area contributed by atoms with E-state index in [4.69, 9.17) is 14.5 Å². The highest BCUT2D eigenvalue weighted by Crippen LogP contribution is 2.41. The van der Waals surface area contributed by atoms with Gasteiger partial charge in [0.25, 0.3) is 0 Å². The van der Waals surface area contributed by atoms with Gasteiger partial charge < -0.3 is 14.4 Å². The first-order valence-corrected chi connectivity index (χ1v) is 12.1. The Hall–Kier alpha value is -3.25. The average Bonchev–Trinajstić information content (AvgIpc) is 3.39. The van der Waals surface area contributed by atoms with Crippen LogP contribution in [-0.4, -0.2) is 47.6 Å². The van der Waals surface area contributed by atoms with Crippen molar-refractivity contribution in [1.29, 1.82) is 0 Å². The molecule has 0 radical (unpaired) electrons. The average molecular weight is 458 g/mol. The molecular formula is C28H31N3O3. The van der Waals surface area contributed by atoms with Crippen LogP contribution in [0.1, 0.15) is 43.0 Å². The number of nitrogens with zero attached hydrogens (tertiary/aromatic N) is 3. The van der Waals surface area contributed by atoms with Crippen molar-refractivity contribution in [3.63, 3.8) is 0 Å². The van der Waals surface area contributed by atoms with Gasteiger partial charge in [0.1, 0.15) is 5.75 Å². The molecule has 2 fully saturated rings. The van der Waals surface area contributed by atoms with Gasteiger partial charge in [0.05, 0.1) is 24.3 Å². The Morgan fingerprint density at radius 3 is 2.59 bits per heavy atom. The van der Waals surface area contributed by atoms with Gasteiger partial charge in [0.15, 0.2) is 5.82 Å². The molecular weight excluding hydrogens is 426 g/mol. The molecule has 1 amide bonds. The van der Waals surface area contributed by atoms with Gasteiger partial charge in [-0.3, -0.25) is 4.79 Å². The van der Waals surface area contributed by atoms with Crippen molar-refractivity contribution in [1.82, 2.24) is 14.9 Å². The van der Waals surface area contributed by atoms with Crippen molar-refractivity contribution in [2.24, 2.45) is 5.41 Å². The quantitative estimate of drug-likeness (QED) is 0.529. The van der Waals surface area contributed by atoms with Gasteiger partial charge in [-0.05, 0) is 68.0 Å². The number of aromatic nitrogens is 2. The Balaban J connectivity index is 1.42. The fourth-order valence-corrected chi connectivity index (χ4v) is 5.27. The van der Waals surface area contributed by atoms with Gasteiger partial charge >= 0.3 is 0 Å². The summed E-state index contributed by atoms with van der Waals surface area (Å²) in [5.41, 5.74) is 2.63. The topological polar surface area (TPSA) is 64.5 Å². The molecule has 6 nitrogen and oxygen atoms in total. The molecule has 2 aliphatic heterocycles. The number of likely N-dealkylation sites (tertiary alicyclic amines) is 1. The van der Waals surface area contributed by atoms with E-state index in [0.717, 1.165) is 55.7 Å². The standard InChI is InChI=1S/C28H31N3O3/c1-33-23-11-9-22(10-12-23)26-29-16-13-24(30-26)25-8-5-17-31(25)27(32)28(14-18-34-19-15-28)20-21-6-3-2-4-7-21/h2-4,6-7,9-13,16,25H,5,8,14-15,17-20H2,1H3/t25-/m1/s1. The molecule has 0 N–H and O–H groups in total. The Kier molecular flexibility index (Phi) is 6.59. The van der Waals surface area contributed by atoms with Crippen LogP contribution >= 0.6 is 0 Å². The van der Waals surface area contributed by atoms with Crippen LogP contribution in [0.2, 0.25) is 0 Å². The first-order chi connectivity index (χ1) is 16.7. The van der Waals surface area contributed by atoms with Crippen LogP contribution < -0.4 is 4.74 Å². The third-order valence-corrected chi connectivity index (χ3v) is 7.17. The Bertz CT molecular complexity index is 1110. The van der Waals surface area contributed by atoms with Gasteiger partial charge in [0, 0.05) is 31.5 Å². The first kappa shape index (κ1) is 22.5. The van der Waals surface area contributed by atoms with Crippen molar-refractivity contribution in [3.05, 3.63) is 78.1 Å². The number of carbonyl (C=O) groups excluding carboxylic acids is 1. The lowest BCUT2D eigenvalue weighted by Crippen LogP contribution is -2.48. The van der Waals surface area contributed by atoms with Crippen molar-refractivity contribution in [2.75, 3.05) is 26.9 Å². The molecule has 2 aromatic carbocycles. The molecule has 34 heavy (non-hydrogen) atoms. The second-order valence-electron chi connectivity index (χ2n) is 9.25. The summed E-state index contributed by atoms with van der Waals surface area (Å²) < 4.78 is 10.9. The van der Waals surface area contributed by atoms with E-state index in [9.17, 15) is 4.79 Å². The fourth-order valence-electron chi connectivity index (χ4n) is 5.27. The number of hydrogen-bond donors (Lipinski definition) is 0. The Morgan fingerprint density at radius 2 is 1.85 bits per heavy atom. The monoisotopic (exact) mass is 457 g/mol. The van der Waals surface area contributed by atoms with Crippen LogP contribution in [0.3, 0.4) is 0 Å². The largest absolute Gasteiger partial charge is 0.497 e. The number of amides is 1. The lowest BCUT2D eigenvalue weighted by atomic mass is 9.74. The maximum Gasteiger partial charge on any atom is 0.229 e. The van der Waals surface area contributed by atoms with Crippen LogP contribution in [0.4, 0.5) is 0 Å². The summed E-state index contributed by atoms with van der Waals surface area (Å²) in [7, 11) is 1.65. The molecule has 2 saturated heterocycles. The number of carbonyl (C=O) groups is 1. The highest BCUT2D eigenvalue weighted by molar-refractivity contribution is 5.84. The lowest BCUT2D eigenvalue weighted by Gasteiger charge is -2.40. The van der Waals surface area contributed by atoms with Gasteiger partial charge in [-0.1, -0.05) is 30.3 Å². The molecule has 0 bridgehead atoms. The normalized spacial score (nSPS) is 19.7. The number of methoxy groups -OCH3 is 1. The summed E-state index contributed by atoms with van der Waals surface area (Å²) in [5.74, 6) is 1.71. The highest BCUT2D eigenvalue weighted by Gasteiger charge is 2.45. The minimum atomic E-state index is -0.423. The first-order valence-electron chi connectivity index (χ1n) is 12.1. The summed E-state index contributed by atoms with van der Waals surface area (Å²) >= 11 is 0. The smallest absolute Gasteiger partial charge is 0.229 e. The molecule has 6 heteroatoms. The van der Waals surface area contributed by atoms with Crippen LogP contribution in [-0.2, 0) is 16.0 Å². The van der Waals surface area contributed by atoms with E-state index in [2.05, 4.69) is 22.0 Å². The van der Waals surface area contributed by atoms with E-state index in [1.54, 1.807) is 13.3 Å². The highest BCUT2D eigenvalue weighted by atomic mass is 16.5. The molecule has 0 spiro atoms. The van der Waals surface area contributed by atoms with Crippen LogP contribution in [0.5, 0.6) is 5.75 Å². The molecule has 1 atom stereocenters. The number of rotatable bonds is 6. The van der Waals surface area contributed by atoms with Gasteiger partial charge in [-0.2, -0.15) is 0 Å². The van der Waals surface area contributed by atoms with Crippen molar-refractivity contribution in [2.45, 2.75) is 38.1 Å². The predicted octanol–water partition coefficient (Wildman–Crippen LogP) is 4.86. The molecule has 3 aromatic rings. The number of ether oxygens (including phenoxy) is 2. The predicted molar refractivity (Wildman–Crippen MR) is 130 cm³/mol. The van der Waals surface area contributed by atoms with E-state index >= 15 is 0 Å². The second kappa shape index (κ2) is 9.94. The van der Waals surface area contributed by atoms with Crippen molar-refractivity contribution in [3.8, 4) is 17.1 Å². The zero-order valence-corrected chi connectivity index (χ0v) is 19.7. The molecule has 5 rings (SSSR count). The van der Waals surface area contributed by atoms with Crippen molar-refractivity contribution >= 4 is 5.91 Å². The number of benzene rings is 2. The van der Waals surface area contributed by atoms with Gasteiger partial charge in [0.2, 0.25) is 5.91 Å². The maximum absolute atomic E-state index is 14.1. The van der Waals surface area contributed by atoms with Crippen LogP contribution in [0.25, 0.3) is 11.4 Å². The van der Waals surface area contributed by atoms with E-state index in [0.29, 0.717) is 19.0 Å². The molecule has 1 aromatic heterocycles.